The molecule has 0 unspecified atom stereocenters. The summed E-state index contributed by atoms with van der Waals surface area (Å²) in [7, 11) is 0. The summed E-state index contributed by atoms with van der Waals surface area (Å²) in [6, 6.07) is 18.8. The van der Waals surface area contributed by atoms with Gasteiger partial charge < -0.3 is 31.9 Å². The van der Waals surface area contributed by atoms with Gasteiger partial charge in [-0.3, -0.25) is 9.98 Å². The topological polar surface area (TPSA) is 131 Å². The molecule has 3 aromatic carbocycles. The standard InChI is InChI=1S/C26H25ClN8O2/c27-21-15-20(34-25(36)32-18-5-1-3-16(13-18)23-28-9-10-29-23)7-8-22(21)35-26(37)33-19-6-2-4-17(14-19)24-30-11-12-31-24/h1-8,13-15H,9-12H2,(H,28,29)(H,30,31)(H2,32,34,36)(H2,33,35,37). The largest absolute Gasteiger partial charge is 0.368 e. The predicted molar refractivity (Wildman–Crippen MR) is 148 cm³/mol. The summed E-state index contributed by atoms with van der Waals surface area (Å²) in [6.07, 6.45) is 0. The van der Waals surface area contributed by atoms with E-state index >= 15 is 0 Å². The Bertz CT molecular complexity index is 1400. The maximum absolute atomic E-state index is 12.5. The van der Waals surface area contributed by atoms with E-state index in [4.69, 9.17) is 11.6 Å². The lowest BCUT2D eigenvalue weighted by molar-refractivity contribution is 0.261. The summed E-state index contributed by atoms with van der Waals surface area (Å²) in [5.74, 6) is 1.63. The Balaban J connectivity index is 1.17. The number of amidine groups is 2. The zero-order chi connectivity index (χ0) is 25.6. The zero-order valence-corrected chi connectivity index (χ0v) is 20.5. The Labute approximate surface area is 218 Å². The summed E-state index contributed by atoms with van der Waals surface area (Å²) in [5, 5.41) is 17.8. The van der Waals surface area contributed by atoms with Crippen LogP contribution in [0.25, 0.3) is 0 Å². The molecule has 188 valence electrons. The molecule has 0 radical (unpaired) electrons. The zero-order valence-electron chi connectivity index (χ0n) is 19.8. The Morgan fingerprint density at radius 1 is 0.676 bits per heavy atom. The SMILES string of the molecule is O=C(Nc1cccc(C2=NCCN2)c1)Nc1ccc(NC(=O)Nc2cccc(C3=NCCN3)c2)c(Cl)c1. The van der Waals surface area contributed by atoms with Crippen LogP contribution in [-0.4, -0.2) is 49.9 Å². The number of benzene rings is 3. The first-order valence-electron chi connectivity index (χ1n) is 11.8. The molecule has 2 aliphatic heterocycles. The van der Waals surface area contributed by atoms with Crippen molar-refractivity contribution in [2.24, 2.45) is 9.98 Å². The minimum atomic E-state index is -0.444. The van der Waals surface area contributed by atoms with Crippen LogP contribution in [0.2, 0.25) is 5.02 Å². The van der Waals surface area contributed by atoms with Crippen LogP contribution in [0, 0.1) is 0 Å². The predicted octanol–water partition coefficient (Wildman–Crippen LogP) is 4.33. The highest BCUT2D eigenvalue weighted by molar-refractivity contribution is 6.34. The number of hydrogen-bond donors (Lipinski definition) is 6. The Morgan fingerprint density at radius 2 is 1.19 bits per heavy atom. The molecule has 0 spiro atoms. The van der Waals surface area contributed by atoms with Gasteiger partial charge in [-0.05, 0) is 42.5 Å². The highest BCUT2D eigenvalue weighted by Crippen LogP contribution is 2.26. The molecule has 0 fully saturated rings. The van der Waals surface area contributed by atoms with E-state index in [9.17, 15) is 9.59 Å². The molecular weight excluding hydrogens is 492 g/mol. The van der Waals surface area contributed by atoms with Crippen LogP contribution in [0.1, 0.15) is 11.1 Å². The molecule has 3 aromatic rings. The fourth-order valence-electron chi connectivity index (χ4n) is 3.94. The van der Waals surface area contributed by atoms with Gasteiger partial charge in [-0.1, -0.05) is 35.9 Å². The van der Waals surface area contributed by atoms with Crippen molar-refractivity contribution < 1.29 is 9.59 Å². The average molecular weight is 517 g/mol. The molecular formula is C26H25ClN8O2. The van der Waals surface area contributed by atoms with E-state index in [-0.39, 0.29) is 5.02 Å². The molecule has 6 N–H and O–H groups in total. The maximum atomic E-state index is 12.5. The number of halogens is 1. The van der Waals surface area contributed by atoms with Crippen LogP contribution in [0.4, 0.5) is 32.3 Å². The molecule has 0 aromatic heterocycles. The van der Waals surface area contributed by atoms with Crippen LogP contribution in [0.5, 0.6) is 0 Å². The minimum Gasteiger partial charge on any atom is -0.368 e. The number of nitrogens with one attached hydrogen (secondary N) is 6. The number of urea groups is 2. The van der Waals surface area contributed by atoms with Crippen molar-refractivity contribution in [1.82, 2.24) is 10.6 Å². The van der Waals surface area contributed by atoms with Crippen molar-refractivity contribution in [2.45, 2.75) is 0 Å². The third-order valence-electron chi connectivity index (χ3n) is 5.61. The number of anilines is 4. The molecule has 37 heavy (non-hydrogen) atoms. The van der Waals surface area contributed by atoms with E-state index in [0.29, 0.717) is 22.7 Å². The summed E-state index contributed by atoms with van der Waals surface area (Å²) < 4.78 is 0. The normalized spacial score (nSPS) is 14.1. The van der Waals surface area contributed by atoms with E-state index < -0.39 is 12.1 Å². The Morgan fingerprint density at radius 3 is 1.68 bits per heavy atom. The van der Waals surface area contributed by atoms with Crippen molar-refractivity contribution in [3.63, 3.8) is 0 Å². The van der Waals surface area contributed by atoms with Crippen LogP contribution < -0.4 is 31.9 Å². The number of hydrogen-bond acceptors (Lipinski definition) is 6. The molecule has 0 aliphatic carbocycles. The lowest BCUT2D eigenvalue weighted by Crippen LogP contribution is -2.22. The third kappa shape index (κ3) is 6.17. The summed E-state index contributed by atoms with van der Waals surface area (Å²) in [5.41, 5.74) is 3.94. The lowest BCUT2D eigenvalue weighted by Gasteiger charge is -2.12. The second kappa shape index (κ2) is 11.0. The van der Waals surface area contributed by atoms with Crippen molar-refractivity contribution in [3.05, 3.63) is 82.9 Å². The first kappa shape index (κ1) is 24.1. The van der Waals surface area contributed by atoms with E-state index in [0.717, 1.165) is 49.0 Å². The molecule has 0 saturated carbocycles. The van der Waals surface area contributed by atoms with E-state index in [1.165, 1.54) is 0 Å². The van der Waals surface area contributed by atoms with Crippen LogP contribution in [-0.2, 0) is 0 Å². The summed E-state index contributed by atoms with van der Waals surface area (Å²) in [4.78, 5) is 33.8. The van der Waals surface area contributed by atoms with Gasteiger partial charge in [-0.2, -0.15) is 0 Å². The number of aliphatic imine (C=N–C) groups is 2. The number of rotatable bonds is 6. The van der Waals surface area contributed by atoms with E-state index in [2.05, 4.69) is 41.9 Å². The van der Waals surface area contributed by atoms with E-state index in [1.54, 1.807) is 30.3 Å². The highest BCUT2D eigenvalue weighted by Gasteiger charge is 2.12. The van der Waals surface area contributed by atoms with Crippen molar-refractivity contribution in [2.75, 3.05) is 47.4 Å². The molecule has 2 heterocycles. The number of amides is 4. The van der Waals surface area contributed by atoms with E-state index in [1.807, 2.05) is 36.4 Å². The van der Waals surface area contributed by atoms with Crippen molar-refractivity contribution >= 4 is 58.1 Å². The highest BCUT2D eigenvalue weighted by atomic mass is 35.5. The second-order valence-electron chi connectivity index (χ2n) is 8.33. The first-order chi connectivity index (χ1) is 18.0. The first-order valence-corrected chi connectivity index (χ1v) is 12.1. The van der Waals surface area contributed by atoms with Gasteiger partial charge >= 0.3 is 12.1 Å². The Hall–Kier alpha value is -4.57. The third-order valence-corrected chi connectivity index (χ3v) is 5.92. The summed E-state index contributed by atoms with van der Waals surface area (Å²) >= 11 is 6.37. The van der Waals surface area contributed by atoms with Gasteiger partial charge in [0.1, 0.15) is 11.7 Å². The average Bonchev–Trinajstić information content (AvgIpc) is 3.61. The van der Waals surface area contributed by atoms with Crippen molar-refractivity contribution in [1.29, 1.82) is 0 Å². The van der Waals surface area contributed by atoms with Crippen LogP contribution in [0.3, 0.4) is 0 Å². The molecule has 0 atom stereocenters. The lowest BCUT2D eigenvalue weighted by atomic mass is 10.2. The smallest absolute Gasteiger partial charge is 0.323 e. The minimum absolute atomic E-state index is 0.276. The van der Waals surface area contributed by atoms with Gasteiger partial charge in [0, 0.05) is 41.3 Å². The summed E-state index contributed by atoms with van der Waals surface area (Å²) in [6.45, 7) is 3.09. The fourth-order valence-corrected chi connectivity index (χ4v) is 4.17. The van der Waals surface area contributed by atoms with Gasteiger partial charge in [-0.25, -0.2) is 9.59 Å². The van der Waals surface area contributed by atoms with Crippen LogP contribution in [0.15, 0.2) is 76.7 Å². The molecule has 4 amide bonds. The van der Waals surface area contributed by atoms with Gasteiger partial charge in [0.25, 0.3) is 0 Å². The van der Waals surface area contributed by atoms with Gasteiger partial charge in [0.05, 0.1) is 23.8 Å². The molecule has 5 rings (SSSR count). The molecule has 10 nitrogen and oxygen atoms in total. The number of nitrogens with zero attached hydrogens (tertiary/aromatic N) is 2. The molecule has 2 aliphatic rings. The maximum Gasteiger partial charge on any atom is 0.323 e. The molecule has 11 heteroatoms. The Kier molecular flexibility index (Phi) is 7.18. The van der Waals surface area contributed by atoms with Gasteiger partial charge in [0.2, 0.25) is 0 Å². The molecule has 0 bridgehead atoms. The fraction of sp³-hybridized carbons (Fsp3) is 0.154. The number of carbonyl (C=O) groups is 2. The quantitative estimate of drug-likeness (QED) is 0.291. The molecule has 0 saturated heterocycles. The number of carbonyl (C=O) groups excluding carboxylic acids is 2. The van der Waals surface area contributed by atoms with Crippen LogP contribution >= 0.6 is 11.6 Å². The van der Waals surface area contributed by atoms with Crippen molar-refractivity contribution in [3.8, 4) is 0 Å². The van der Waals surface area contributed by atoms with Gasteiger partial charge in [-0.15, -0.1) is 0 Å². The van der Waals surface area contributed by atoms with Gasteiger partial charge in [0.15, 0.2) is 0 Å². The second-order valence-corrected chi connectivity index (χ2v) is 8.74. The monoisotopic (exact) mass is 516 g/mol.